The summed E-state index contributed by atoms with van der Waals surface area (Å²) in [7, 11) is 3.14. The minimum absolute atomic E-state index is 0.0172. The Hall–Kier alpha value is -2.67. The molecule has 5 rings (SSSR count). The van der Waals surface area contributed by atoms with Crippen molar-refractivity contribution in [3.8, 4) is 28.7 Å². The average Bonchev–Trinajstić information content (AvgIpc) is 3.22. The van der Waals surface area contributed by atoms with Crippen molar-refractivity contribution >= 4 is 21.7 Å². The topological polar surface area (TPSA) is 63.2 Å². The number of ether oxygens (including phenoxy) is 5. The van der Waals surface area contributed by atoms with Gasteiger partial charge in [-0.3, -0.25) is 4.79 Å². The van der Waals surface area contributed by atoms with E-state index in [4.69, 9.17) is 23.7 Å². The number of ketones is 1. The van der Waals surface area contributed by atoms with Gasteiger partial charge >= 0.3 is 0 Å². The highest BCUT2D eigenvalue weighted by Gasteiger charge is 2.45. The van der Waals surface area contributed by atoms with E-state index in [1.54, 1.807) is 26.4 Å². The summed E-state index contributed by atoms with van der Waals surface area (Å²) in [6, 6.07) is 7.22. The van der Waals surface area contributed by atoms with Crippen LogP contribution in [0.3, 0.4) is 0 Å². The molecule has 0 saturated heterocycles. The number of methoxy groups -OCH3 is 2. The van der Waals surface area contributed by atoms with Crippen molar-refractivity contribution in [3.05, 3.63) is 53.1 Å². The molecule has 3 aliphatic heterocycles. The molecule has 0 amide bonds. The van der Waals surface area contributed by atoms with Gasteiger partial charge in [-0.15, -0.1) is 0 Å². The van der Waals surface area contributed by atoms with Crippen LogP contribution in [0.15, 0.2) is 36.4 Å². The third-order valence-corrected chi connectivity index (χ3v) is 6.67. The molecule has 0 fully saturated rings. The molecule has 0 N–H and O–H groups in total. The van der Waals surface area contributed by atoms with Crippen LogP contribution in [0.5, 0.6) is 28.7 Å². The van der Waals surface area contributed by atoms with E-state index < -0.39 is 12.0 Å². The highest BCUT2D eigenvalue weighted by atomic mass is 79.9. The molecule has 0 bridgehead atoms. The number of rotatable bonds is 4. The van der Waals surface area contributed by atoms with Gasteiger partial charge in [-0.2, -0.15) is 0 Å². The van der Waals surface area contributed by atoms with Crippen LogP contribution in [-0.2, 0) is 6.42 Å². The van der Waals surface area contributed by atoms with Crippen molar-refractivity contribution in [1.29, 1.82) is 0 Å². The maximum atomic E-state index is 13.6. The Morgan fingerprint density at radius 3 is 2.67 bits per heavy atom. The SMILES string of the molecule is C=C(CBr)[C@H]1Cc2c(ccc3c2O[C@H]2COc4cc(OC)c(OC)cc4[C@H]2C3=O)O1. The fourth-order valence-corrected chi connectivity index (χ4v) is 4.74. The molecular weight excluding hydrogens is 452 g/mol. The van der Waals surface area contributed by atoms with Crippen molar-refractivity contribution in [1.82, 2.24) is 0 Å². The van der Waals surface area contributed by atoms with Gasteiger partial charge in [-0.1, -0.05) is 22.5 Å². The van der Waals surface area contributed by atoms with E-state index >= 15 is 0 Å². The van der Waals surface area contributed by atoms with Crippen molar-refractivity contribution in [3.63, 3.8) is 0 Å². The Labute approximate surface area is 182 Å². The van der Waals surface area contributed by atoms with Crippen LogP contribution in [0.25, 0.3) is 0 Å². The maximum absolute atomic E-state index is 13.6. The second-order valence-electron chi connectivity index (χ2n) is 7.58. The summed E-state index contributed by atoms with van der Waals surface area (Å²) in [4.78, 5) is 13.6. The number of fused-ring (bicyclic) bond motifs is 6. The summed E-state index contributed by atoms with van der Waals surface area (Å²) in [6.45, 7) is 4.34. The summed E-state index contributed by atoms with van der Waals surface area (Å²) < 4.78 is 29.1. The zero-order valence-corrected chi connectivity index (χ0v) is 18.3. The monoisotopic (exact) mass is 472 g/mol. The Morgan fingerprint density at radius 1 is 1.17 bits per heavy atom. The zero-order chi connectivity index (χ0) is 21.0. The number of Topliss-reactive ketones (excluding diaryl/α,β-unsaturated/α-hetero) is 1. The molecule has 2 aromatic carbocycles. The summed E-state index contributed by atoms with van der Waals surface area (Å²) in [6.07, 6.45) is 0.0960. The van der Waals surface area contributed by atoms with Gasteiger partial charge in [0.05, 0.1) is 25.7 Å². The summed E-state index contributed by atoms with van der Waals surface area (Å²) >= 11 is 3.44. The Morgan fingerprint density at radius 2 is 1.93 bits per heavy atom. The smallest absolute Gasteiger partial charge is 0.178 e. The third kappa shape index (κ3) is 2.79. The van der Waals surface area contributed by atoms with Crippen LogP contribution in [0.1, 0.15) is 27.4 Å². The summed E-state index contributed by atoms with van der Waals surface area (Å²) in [5, 5.41) is 0.661. The van der Waals surface area contributed by atoms with Gasteiger partial charge in [0.15, 0.2) is 17.3 Å². The Balaban J connectivity index is 1.56. The van der Waals surface area contributed by atoms with Crippen LogP contribution in [0, 0.1) is 0 Å². The number of carbonyl (C=O) groups excluding carboxylic acids is 1. The van der Waals surface area contributed by atoms with Gasteiger partial charge in [0, 0.05) is 28.9 Å². The molecule has 30 heavy (non-hydrogen) atoms. The standard InChI is InChI=1S/C23H21BrO6/c1-11(9-24)16-7-14-15(29-16)5-4-12-22(25)21-13-6-18(26-2)19(27-3)8-17(13)28-10-20(21)30-23(12)14/h4-6,8,16,20-21H,1,7,9-10H2,2-3H3/t16-,20+,21-/m1/s1. The molecule has 6 nitrogen and oxygen atoms in total. The van der Waals surface area contributed by atoms with E-state index in [-0.39, 0.29) is 18.5 Å². The van der Waals surface area contributed by atoms with E-state index in [1.165, 1.54) is 0 Å². The quantitative estimate of drug-likeness (QED) is 0.493. The zero-order valence-electron chi connectivity index (χ0n) is 16.7. The Bertz CT molecular complexity index is 1060. The second-order valence-corrected chi connectivity index (χ2v) is 8.14. The number of alkyl halides is 1. The van der Waals surface area contributed by atoms with Crippen molar-refractivity contribution in [2.24, 2.45) is 0 Å². The fourth-order valence-electron chi connectivity index (χ4n) is 4.38. The first-order chi connectivity index (χ1) is 14.5. The summed E-state index contributed by atoms with van der Waals surface area (Å²) in [5.74, 6) is 2.64. The molecule has 0 saturated carbocycles. The van der Waals surface area contributed by atoms with Gasteiger partial charge in [0.2, 0.25) is 0 Å². The lowest BCUT2D eigenvalue weighted by molar-refractivity contribution is 0.0554. The third-order valence-electron chi connectivity index (χ3n) is 5.95. The molecule has 2 aromatic rings. The molecule has 3 atom stereocenters. The van der Waals surface area contributed by atoms with Crippen molar-refractivity contribution in [2.45, 2.75) is 24.5 Å². The Kier molecular flexibility index (Phi) is 4.65. The molecule has 156 valence electrons. The van der Waals surface area contributed by atoms with E-state index in [1.807, 2.05) is 12.1 Å². The molecular formula is C23H21BrO6. The molecule has 0 aromatic heterocycles. The van der Waals surface area contributed by atoms with E-state index in [0.717, 1.165) is 22.4 Å². The van der Waals surface area contributed by atoms with Gasteiger partial charge in [0.1, 0.15) is 36.1 Å². The molecule has 3 heterocycles. The number of hydrogen-bond acceptors (Lipinski definition) is 6. The first-order valence-corrected chi connectivity index (χ1v) is 10.8. The predicted molar refractivity (Wildman–Crippen MR) is 114 cm³/mol. The van der Waals surface area contributed by atoms with Crippen LogP contribution in [-0.4, -0.2) is 44.1 Å². The normalized spacial score (nSPS) is 23.0. The molecule has 0 aliphatic carbocycles. The summed E-state index contributed by atoms with van der Waals surface area (Å²) in [5.41, 5.74) is 3.20. The minimum atomic E-state index is -0.463. The van der Waals surface area contributed by atoms with Crippen LogP contribution >= 0.6 is 15.9 Å². The number of halogens is 1. The predicted octanol–water partition coefficient (Wildman–Crippen LogP) is 4.08. The van der Waals surface area contributed by atoms with Gasteiger partial charge in [0.25, 0.3) is 0 Å². The second kappa shape index (κ2) is 7.23. The molecule has 7 heteroatoms. The van der Waals surface area contributed by atoms with Gasteiger partial charge in [-0.05, 0) is 23.8 Å². The van der Waals surface area contributed by atoms with E-state index in [2.05, 4.69) is 22.5 Å². The first-order valence-electron chi connectivity index (χ1n) is 9.71. The van der Waals surface area contributed by atoms with Crippen molar-refractivity contribution in [2.75, 3.05) is 26.2 Å². The van der Waals surface area contributed by atoms with Crippen LogP contribution < -0.4 is 23.7 Å². The highest BCUT2D eigenvalue weighted by molar-refractivity contribution is 9.09. The lowest BCUT2D eigenvalue weighted by Gasteiger charge is -2.37. The number of benzene rings is 2. The maximum Gasteiger partial charge on any atom is 0.178 e. The van der Waals surface area contributed by atoms with Crippen LogP contribution in [0.4, 0.5) is 0 Å². The largest absolute Gasteiger partial charge is 0.493 e. The first kappa shape index (κ1) is 19.3. The van der Waals surface area contributed by atoms with Gasteiger partial charge < -0.3 is 23.7 Å². The highest BCUT2D eigenvalue weighted by Crippen LogP contribution is 2.49. The van der Waals surface area contributed by atoms with E-state index in [0.29, 0.717) is 40.3 Å². The van der Waals surface area contributed by atoms with Gasteiger partial charge in [-0.25, -0.2) is 0 Å². The molecule has 0 unspecified atom stereocenters. The number of hydrogen-bond donors (Lipinski definition) is 0. The lowest BCUT2D eigenvalue weighted by Crippen LogP contribution is -2.43. The van der Waals surface area contributed by atoms with Crippen molar-refractivity contribution < 1.29 is 28.5 Å². The molecule has 0 radical (unpaired) electrons. The molecule has 3 aliphatic rings. The van der Waals surface area contributed by atoms with Crippen LogP contribution in [0.2, 0.25) is 0 Å². The minimum Gasteiger partial charge on any atom is -0.493 e. The average molecular weight is 473 g/mol. The molecule has 0 spiro atoms. The lowest BCUT2D eigenvalue weighted by atomic mass is 9.81. The number of carbonyl (C=O) groups is 1. The fraction of sp³-hybridized carbons (Fsp3) is 0.348. The van der Waals surface area contributed by atoms with E-state index in [9.17, 15) is 4.79 Å².